The van der Waals surface area contributed by atoms with Crippen LogP contribution in [0, 0.1) is 21.4 Å². The SMILES string of the molecule is CC1CCCN1c1cc(C#N)ccc1[N+](=O)[O-]. The van der Waals surface area contributed by atoms with Crippen molar-refractivity contribution in [3.05, 3.63) is 33.9 Å². The lowest BCUT2D eigenvalue weighted by Gasteiger charge is -2.23. The van der Waals surface area contributed by atoms with Crippen molar-refractivity contribution >= 4 is 11.4 Å². The van der Waals surface area contributed by atoms with E-state index < -0.39 is 0 Å². The third-order valence-corrected chi connectivity index (χ3v) is 3.16. The predicted molar refractivity (Wildman–Crippen MR) is 63.9 cm³/mol. The third-order valence-electron chi connectivity index (χ3n) is 3.16. The van der Waals surface area contributed by atoms with Crippen LogP contribution < -0.4 is 4.90 Å². The zero-order valence-corrected chi connectivity index (χ0v) is 9.59. The summed E-state index contributed by atoms with van der Waals surface area (Å²) < 4.78 is 0. The molecule has 5 nitrogen and oxygen atoms in total. The van der Waals surface area contributed by atoms with Crippen LogP contribution in [0.2, 0.25) is 0 Å². The van der Waals surface area contributed by atoms with Gasteiger partial charge in [0.25, 0.3) is 5.69 Å². The van der Waals surface area contributed by atoms with Gasteiger partial charge in [0.05, 0.1) is 16.6 Å². The Labute approximate surface area is 99.4 Å². The summed E-state index contributed by atoms with van der Waals surface area (Å²) in [5, 5.41) is 19.8. The number of anilines is 1. The molecular formula is C12H13N3O2. The van der Waals surface area contributed by atoms with Gasteiger partial charge < -0.3 is 4.90 Å². The van der Waals surface area contributed by atoms with E-state index in [9.17, 15) is 10.1 Å². The van der Waals surface area contributed by atoms with Crippen LogP contribution >= 0.6 is 0 Å². The standard InChI is InChI=1S/C12H13N3O2/c1-9-3-2-6-14(9)12-7-10(8-13)4-5-11(12)15(16)17/h4-5,7,9H,2-3,6H2,1H3. The molecule has 1 aromatic rings. The molecule has 0 N–H and O–H groups in total. The van der Waals surface area contributed by atoms with E-state index in [-0.39, 0.29) is 10.6 Å². The van der Waals surface area contributed by atoms with Gasteiger partial charge in [0.1, 0.15) is 5.69 Å². The lowest BCUT2D eigenvalue weighted by Crippen LogP contribution is -2.27. The molecule has 88 valence electrons. The Kier molecular flexibility index (Phi) is 2.96. The van der Waals surface area contributed by atoms with Crippen molar-refractivity contribution < 1.29 is 4.92 Å². The van der Waals surface area contributed by atoms with Crippen molar-refractivity contribution in [2.75, 3.05) is 11.4 Å². The molecule has 1 fully saturated rings. The van der Waals surface area contributed by atoms with Crippen LogP contribution in [0.15, 0.2) is 18.2 Å². The quantitative estimate of drug-likeness (QED) is 0.579. The molecule has 0 aliphatic carbocycles. The van der Waals surface area contributed by atoms with Gasteiger partial charge in [0.15, 0.2) is 0 Å². The van der Waals surface area contributed by atoms with E-state index in [4.69, 9.17) is 5.26 Å². The minimum atomic E-state index is -0.387. The summed E-state index contributed by atoms with van der Waals surface area (Å²) in [7, 11) is 0. The lowest BCUT2D eigenvalue weighted by molar-refractivity contribution is -0.384. The zero-order chi connectivity index (χ0) is 12.4. The molecular weight excluding hydrogens is 218 g/mol. The average molecular weight is 231 g/mol. The van der Waals surface area contributed by atoms with Gasteiger partial charge in [-0.15, -0.1) is 0 Å². The predicted octanol–water partition coefficient (Wildman–Crippen LogP) is 2.46. The molecule has 1 aliphatic heterocycles. The van der Waals surface area contributed by atoms with Crippen molar-refractivity contribution in [2.24, 2.45) is 0 Å². The number of nitro benzene ring substituents is 1. The largest absolute Gasteiger partial charge is 0.363 e. The first kappa shape index (κ1) is 11.4. The van der Waals surface area contributed by atoms with E-state index in [1.807, 2.05) is 11.0 Å². The third kappa shape index (κ3) is 2.07. The zero-order valence-electron chi connectivity index (χ0n) is 9.59. The molecule has 0 aromatic heterocycles. The highest BCUT2D eigenvalue weighted by Gasteiger charge is 2.27. The van der Waals surface area contributed by atoms with E-state index in [0.29, 0.717) is 17.3 Å². The highest BCUT2D eigenvalue weighted by atomic mass is 16.6. The van der Waals surface area contributed by atoms with Gasteiger partial charge in [-0.2, -0.15) is 5.26 Å². The molecule has 0 bridgehead atoms. The van der Waals surface area contributed by atoms with Crippen LogP contribution in [0.25, 0.3) is 0 Å². The maximum absolute atomic E-state index is 11.0. The summed E-state index contributed by atoms with van der Waals surface area (Å²) in [5.74, 6) is 0. The molecule has 1 atom stereocenters. The van der Waals surface area contributed by atoms with Crippen LogP contribution in [0.4, 0.5) is 11.4 Å². The van der Waals surface area contributed by atoms with Gasteiger partial charge in [0, 0.05) is 18.7 Å². The van der Waals surface area contributed by atoms with Gasteiger partial charge in [-0.05, 0) is 31.9 Å². The molecule has 1 aromatic carbocycles. The highest BCUT2D eigenvalue weighted by molar-refractivity contribution is 5.66. The summed E-state index contributed by atoms with van der Waals surface area (Å²) in [6.07, 6.45) is 2.07. The van der Waals surface area contributed by atoms with Crippen molar-refractivity contribution in [3.8, 4) is 6.07 Å². The minimum absolute atomic E-state index is 0.0813. The van der Waals surface area contributed by atoms with Gasteiger partial charge in [-0.1, -0.05) is 0 Å². The fourth-order valence-corrected chi connectivity index (χ4v) is 2.27. The fraction of sp³-hybridized carbons (Fsp3) is 0.417. The van der Waals surface area contributed by atoms with Crippen LogP contribution in [0.3, 0.4) is 0 Å². The molecule has 0 saturated carbocycles. The van der Waals surface area contributed by atoms with Crippen LogP contribution in [0.5, 0.6) is 0 Å². The number of nitrogens with zero attached hydrogens (tertiary/aromatic N) is 3. The Bertz CT molecular complexity index is 493. The Morgan fingerprint density at radius 1 is 1.59 bits per heavy atom. The van der Waals surface area contributed by atoms with Crippen LogP contribution in [0.1, 0.15) is 25.3 Å². The number of nitro groups is 1. The molecule has 1 saturated heterocycles. The van der Waals surface area contributed by atoms with Crippen LogP contribution in [-0.4, -0.2) is 17.5 Å². The second-order valence-corrected chi connectivity index (χ2v) is 4.26. The number of hydrogen-bond acceptors (Lipinski definition) is 4. The first-order valence-electron chi connectivity index (χ1n) is 5.58. The molecule has 0 amide bonds. The van der Waals surface area contributed by atoms with E-state index in [2.05, 4.69) is 6.92 Å². The van der Waals surface area contributed by atoms with Crippen molar-refractivity contribution in [2.45, 2.75) is 25.8 Å². The smallest absolute Gasteiger partial charge is 0.292 e. The van der Waals surface area contributed by atoms with E-state index in [1.54, 1.807) is 6.07 Å². The summed E-state index contributed by atoms with van der Waals surface area (Å²) in [6.45, 7) is 2.87. The Morgan fingerprint density at radius 2 is 2.35 bits per heavy atom. The monoisotopic (exact) mass is 231 g/mol. The molecule has 1 unspecified atom stereocenters. The normalized spacial score (nSPS) is 19.1. The average Bonchev–Trinajstić information content (AvgIpc) is 2.74. The maximum atomic E-state index is 11.0. The van der Waals surface area contributed by atoms with Gasteiger partial charge in [0.2, 0.25) is 0 Å². The number of benzene rings is 1. The molecule has 0 spiro atoms. The molecule has 5 heteroatoms. The van der Waals surface area contributed by atoms with E-state index in [1.165, 1.54) is 12.1 Å². The summed E-state index contributed by atoms with van der Waals surface area (Å²) >= 11 is 0. The topological polar surface area (TPSA) is 70.2 Å². The Morgan fingerprint density at radius 3 is 2.88 bits per heavy atom. The second-order valence-electron chi connectivity index (χ2n) is 4.26. The first-order chi connectivity index (χ1) is 8.13. The molecule has 1 heterocycles. The molecule has 17 heavy (non-hydrogen) atoms. The Balaban J connectivity index is 2.49. The molecule has 2 rings (SSSR count). The van der Waals surface area contributed by atoms with Gasteiger partial charge >= 0.3 is 0 Å². The minimum Gasteiger partial charge on any atom is -0.363 e. The number of nitriles is 1. The highest BCUT2D eigenvalue weighted by Crippen LogP contribution is 2.34. The second kappa shape index (κ2) is 4.42. The van der Waals surface area contributed by atoms with Gasteiger partial charge in [-0.25, -0.2) is 0 Å². The summed E-state index contributed by atoms with van der Waals surface area (Å²) in [6, 6.07) is 6.83. The maximum Gasteiger partial charge on any atom is 0.292 e. The van der Waals surface area contributed by atoms with Gasteiger partial charge in [-0.3, -0.25) is 10.1 Å². The fourth-order valence-electron chi connectivity index (χ4n) is 2.27. The number of rotatable bonds is 2. The lowest BCUT2D eigenvalue weighted by atomic mass is 10.1. The first-order valence-corrected chi connectivity index (χ1v) is 5.58. The van der Waals surface area contributed by atoms with Crippen molar-refractivity contribution in [3.63, 3.8) is 0 Å². The molecule has 0 radical (unpaired) electrons. The van der Waals surface area contributed by atoms with Crippen LogP contribution in [-0.2, 0) is 0 Å². The molecule has 1 aliphatic rings. The summed E-state index contributed by atoms with van der Waals surface area (Å²) in [4.78, 5) is 12.6. The van der Waals surface area contributed by atoms with Crippen molar-refractivity contribution in [1.29, 1.82) is 5.26 Å². The van der Waals surface area contributed by atoms with Crippen molar-refractivity contribution in [1.82, 2.24) is 0 Å². The summed E-state index contributed by atoms with van der Waals surface area (Å²) in [5.41, 5.74) is 1.11. The van der Waals surface area contributed by atoms with E-state index >= 15 is 0 Å². The number of hydrogen-bond donors (Lipinski definition) is 0. The van der Waals surface area contributed by atoms with E-state index in [0.717, 1.165) is 19.4 Å². The Hall–Kier alpha value is -2.09.